The summed E-state index contributed by atoms with van der Waals surface area (Å²) in [4.78, 5) is 16.5. The summed E-state index contributed by atoms with van der Waals surface area (Å²) in [7, 11) is 1.61. The van der Waals surface area contributed by atoms with Crippen molar-refractivity contribution in [3.63, 3.8) is 0 Å². The second-order valence-electron chi connectivity index (χ2n) is 3.82. The van der Waals surface area contributed by atoms with Crippen molar-refractivity contribution in [3.8, 4) is 5.69 Å². The Hall–Kier alpha value is -2.47. The molecule has 0 radical (unpaired) electrons. The minimum absolute atomic E-state index is 0.156. The van der Waals surface area contributed by atoms with Crippen LogP contribution in [0.5, 0.6) is 0 Å². The van der Waals surface area contributed by atoms with E-state index in [1.807, 2.05) is 6.07 Å². The summed E-state index contributed by atoms with van der Waals surface area (Å²) >= 11 is 0. The van der Waals surface area contributed by atoms with Crippen molar-refractivity contribution in [1.29, 1.82) is 5.41 Å². The first-order valence-electron chi connectivity index (χ1n) is 5.73. The van der Waals surface area contributed by atoms with Crippen LogP contribution in [0.2, 0.25) is 0 Å². The van der Waals surface area contributed by atoms with Gasteiger partial charge in [-0.25, -0.2) is 4.98 Å². The minimum atomic E-state index is -0.385. The molecule has 1 heterocycles. The van der Waals surface area contributed by atoms with Gasteiger partial charge in [-0.1, -0.05) is 18.2 Å². The Morgan fingerprint density at radius 3 is 2.63 bits per heavy atom. The molecule has 6 heteroatoms. The van der Waals surface area contributed by atoms with Gasteiger partial charge in [0.15, 0.2) is 0 Å². The highest BCUT2D eigenvalue weighted by atomic mass is 16.3. The summed E-state index contributed by atoms with van der Waals surface area (Å²) in [6.45, 7) is -0.364. The van der Waals surface area contributed by atoms with E-state index in [1.54, 1.807) is 31.3 Å². The van der Waals surface area contributed by atoms with Crippen molar-refractivity contribution < 1.29 is 5.11 Å². The molecule has 0 fully saturated rings. The van der Waals surface area contributed by atoms with E-state index in [2.05, 4.69) is 10.3 Å². The lowest BCUT2D eigenvalue weighted by molar-refractivity contribution is 0.267. The first-order valence-corrected chi connectivity index (χ1v) is 5.73. The molecule has 0 amide bonds. The fraction of sp³-hybridized carbons (Fsp3) is 0.154. The lowest BCUT2D eigenvalue weighted by Gasteiger charge is -2.13. The normalized spacial score (nSPS) is 10.2. The minimum Gasteiger partial charge on any atom is -0.388 e. The zero-order chi connectivity index (χ0) is 13.8. The smallest absolute Gasteiger partial charge is 0.269 e. The van der Waals surface area contributed by atoms with Crippen LogP contribution < -0.4 is 10.9 Å². The molecule has 0 saturated heterocycles. The molecule has 0 aliphatic carbocycles. The monoisotopic (exact) mass is 258 g/mol. The molecule has 0 aliphatic rings. The largest absolute Gasteiger partial charge is 0.388 e. The van der Waals surface area contributed by atoms with Gasteiger partial charge >= 0.3 is 0 Å². The van der Waals surface area contributed by atoms with Crippen LogP contribution in [-0.4, -0.2) is 27.9 Å². The molecule has 19 heavy (non-hydrogen) atoms. The van der Waals surface area contributed by atoms with E-state index < -0.39 is 0 Å². The van der Waals surface area contributed by atoms with Gasteiger partial charge in [0.1, 0.15) is 23.8 Å². The van der Waals surface area contributed by atoms with Crippen LogP contribution >= 0.6 is 0 Å². The van der Waals surface area contributed by atoms with Crippen LogP contribution in [0.25, 0.3) is 5.69 Å². The zero-order valence-corrected chi connectivity index (χ0v) is 10.4. The van der Waals surface area contributed by atoms with Gasteiger partial charge in [-0.2, -0.15) is 0 Å². The van der Waals surface area contributed by atoms with Gasteiger partial charge in [0, 0.05) is 13.3 Å². The molecule has 0 saturated carbocycles. The Morgan fingerprint density at radius 1 is 1.42 bits per heavy atom. The molecule has 2 aromatic rings. The Kier molecular flexibility index (Phi) is 3.72. The molecule has 3 N–H and O–H groups in total. The number of benzene rings is 1. The second kappa shape index (κ2) is 5.45. The number of aliphatic hydroxyl groups excluding tert-OH is 1. The Bertz CT molecular complexity index is 650. The number of rotatable bonds is 4. The fourth-order valence-electron chi connectivity index (χ4n) is 1.85. The van der Waals surface area contributed by atoms with Crippen molar-refractivity contribution in [2.24, 2.45) is 0 Å². The third kappa shape index (κ3) is 2.25. The number of para-hydroxylation sites is 1. The van der Waals surface area contributed by atoms with Gasteiger partial charge in [-0.3, -0.25) is 9.36 Å². The molecule has 2 rings (SSSR count). The molecule has 98 valence electrons. The molecule has 1 aromatic heterocycles. The van der Waals surface area contributed by atoms with Crippen LogP contribution in [0, 0.1) is 5.41 Å². The Balaban J connectivity index is 2.80. The van der Waals surface area contributed by atoms with Crippen LogP contribution in [-0.2, 0) is 6.61 Å². The zero-order valence-electron chi connectivity index (χ0n) is 10.4. The van der Waals surface area contributed by atoms with E-state index in [-0.39, 0.29) is 29.4 Å². The fourth-order valence-corrected chi connectivity index (χ4v) is 1.85. The number of hydrogen-bond donors (Lipinski definition) is 3. The van der Waals surface area contributed by atoms with E-state index in [1.165, 1.54) is 4.57 Å². The van der Waals surface area contributed by atoms with Crippen LogP contribution in [0.1, 0.15) is 11.4 Å². The molecule has 0 unspecified atom stereocenters. The van der Waals surface area contributed by atoms with Gasteiger partial charge in [-0.15, -0.1) is 0 Å². The predicted molar refractivity (Wildman–Crippen MR) is 73.2 cm³/mol. The molecule has 0 bridgehead atoms. The quantitative estimate of drug-likeness (QED) is 0.706. The second-order valence-corrected chi connectivity index (χ2v) is 3.82. The number of aliphatic hydroxyl groups is 1. The molecule has 1 aromatic carbocycles. The van der Waals surface area contributed by atoms with Crippen LogP contribution in [0.4, 0.5) is 5.82 Å². The highest BCUT2D eigenvalue weighted by molar-refractivity contribution is 5.83. The van der Waals surface area contributed by atoms with Gasteiger partial charge < -0.3 is 15.8 Å². The average molecular weight is 258 g/mol. The van der Waals surface area contributed by atoms with Gasteiger partial charge in [0.25, 0.3) is 5.56 Å². The third-order valence-electron chi connectivity index (χ3n) is 2.72. The maximum Gasteiger partial charge on any atom is 0.269 e. The van der Waals surface area contributed by atoms with Crippen LogP contribution in [0.15, 0.2) is 35.1 Å². The number of aromatic nitrogens is 2. The van der Waals surface area contributed by atoms with Gasteiger partial charge in [0.05, 0.1) is 5.69 Å². The molecule has 0 atom stereocenters. The van der Waals surface area contributed by atoms with Crippen molar-refractivity contribution in [2.75, 3.05) is 12.4 Å². The highest BCUT2D eigenvalue weighted by Crippen LogP contribution is 2.12. The van der Waals surface area contributed by atoms with Crippen molar-refractivity contribution in [3.05, 3.63) is 52.1 Å². The molecule has 6 nitrogen and oxygen atoms in total. The lowest BCUT2D eigenvalue weighted by Crippen LogP contribution is -2.28. The Labute approximate surface area is 109 Å². The number of nitrogens with one attached hydrogen (secondary N) is 2. The highest BCUT2D eigenvalue weighted by Gasteiger charge is 2.14. The lowest BCUT2D eigenvalue weighted by atomic mass is 10.2. The van der Waals surface area contributed by atoms with E-state index in [4.69, 9.17) is 5.41 Å². The third-order valence-corrected chi connectivity index (χ3v) is 2.72. The summed E-state index contributed by atoms with van der Waals surface area (Å²) in [6.07, 6.45) is 0.960. The van der Waals surface area contributed by atoms with E-state index in [9.17, 15) is 9.90 Å². The topological polar surface area (TPSA) is 91.0 Å². The first kappa shape index (κ1) is 13.0. The Morgan fingerprint density at radius 2 is 2.11 bits per heavy atom. The van der Waals surface area contributed by atoms with Crippen molar-refractivity contribution >= 4 is 12.0 Å². The van der Waals surface area contributed by atoms with E-state index in [0.29, 0.717) is 5.69 Å². The van der Waals surface area contributed by atoms with E-state index in [0.717, 1.165) is 6.21 Å². The van der Waals surface area contributed by atoms with Gasteiger partial charge in [0.2, 0.25) is 0 Å². The summed E-state index contributed by atoms with van der Waals surface area (Å²) < 4.78 is 1.31. The first-order chi connectivity index (χ1) is 9.22. The van der Waals surface area contributed by atoms with Crippen molar-refractivity contribution in [2.45, 2.75) is 6.61 Å². The van der Waals surface area contributed by atoms with Crippen LogP contribution in [0.3, 0.4) is 0 Å². The summed E-state index contributed by atoms with van der Waals surface area (Å²) in [6, 6.07) is 8.90. The molecular weight excluding hydrogens is 244 g/mol. The summed E-state index contributed by atoms with van der Waals surface area (Å²) in [5.74, 6) is 0.516. The molecular formula is C13H14N4O2. The standard InChI is InChI=1S/C13H14N4O2/c1-15-12-10(7-14)13(19)17(11(8-18)16-12)9-5-3-2-4-6-9/h2-7,14-15,18H,8H2,1H3. The van der Waals surface area contributed by atoms with Gasteiger partial charge in [-0.05, 0) is 12.1 Å². The average Bonchev–Trinajstić information content (AvgIpc) is 2.46. The summed E-state index contributed by atoms with van der Waals surface area (Å²) in [5, 5.41) is 19.5. The SMILES string of the molecule is CNc1nc(CO)n(-c2ccccc2)c(=O)c1C=N. The maximum absolute atomic E-state index is 12.4. The number of nitrogens with zero attached hydrogens (tertiary/aromatic N) is 2. The van der Waals surface area contributed by atoms with Crippen molar-refractivity contribution in [1.82, 2.24) is 9.55 Å². The maximum atomic E-state index is 12.4. The predicted octanol–water partition coefficient (Wildman–Crippen LogP) is 0.764. The molecule has 0 spiro atoms. The number of hydrogen-bond acceptors (Lipinski definition) is 5. The number of anilines is 1. The molecule has 0 aliphatic heterocycles. The summed E-state index contributed by atoms with van der Waals surface area (Å²) in [5.41, 5.74) is 0.378. The van der Waals surface area contributed by atoms with E-state index >= 15 is 0 Å².